The van der Waals surface area contributed by atoms with Crippen molar-refractivity contribution < 1.29 is 32.3 Å². The van der Waals surface area contributed by atoms with E-state index in [1.165, 1.54) is 12.1 Å². The predicted octanol–water partition coefficient (Wildman–Crippen LogP) is 4.36. The van der Waals surface area contributed by atoms with Gasteiger partial charge in [-0.2, -0.15) is 0 Å². The van der Waals surface area contributed by atoms with E-state index in [-0.39, 0.29) is 18.7 Å². The summed E-state index contributed by atoms with van der Waals surface area (Å²) in [7, 11) is 0. The molecule has 162 valence electrons. The van der Waals surface area contributed by atoms with Crippen LogP contribution in [0.2, 0.25) is 0 Å². The summed E-state index contributed by atoms with van der Waals surface area (Å²) in [5.41, 5.74) is 1.98. The quantitative estimate of drug-likeness (QED) is 0.662. The maximum Gasteiger partial charge on any atom is 0.573 e. The molecule has 2 aromatic carbocycles. The molecule has 0 radical (unpaired) electrons. The van der Waals surface area contributed by atoms with Crippen LogP contribution in [0.1, 0.15) is 21.5 Å². The van der Waals surface area contributed by atoms with Crippen molar-refractivity contribution in [2.24, 2.45) is 0 Å². The van der Waals surface area contributed by atoms with Gasteiger partial charge in [-0.05, 0) is 54.6 Å². The molecule has 0 spiro atoms. The number of aryl methyl sites for hydroxylation is 1. The standard InChI is InChI=1S/C21H17F3N2O4S/c1-13-2-4-14(5-3-13)12-17-19(28)26(20(29)31-17)11-10-25-18(27)15-6-8-16(9-7-15)30-21(22,23)24/h2-9,12H,10-11H2,1H3,(H,25,27). The van der Waals surface area contributed by atoms with E-state index >= 15 is 0 Å². The molecule has 0 aliphatic carbocycles. The number of imide groups is 1. The minimum absolute atomic E-state index is 0.00448. The van der Waals surface area contributed by atoms with Crippen molar-refractivity contribution >= 4 is 34.9 Å². The molecular formula is C21H17F3N2O4S. The van der Waals surface area contributed by atoms with Gasteiger partial charge in [0.05, 0.1) is 4.91 Å². The summed E-state index contributed by atoms with van der Waals surface area (Å²) in [6, 6.07) is 11.9. The van der Waals surface area contributed by atoms with Gasteiger partial charge >= 0.3 is 6.36 Å². The third-order valence-corrected chi connectivity index (χ3v) is 5.13. The molecule has 0 unspecified atom stereocenters. The topological polar surface area (TPSA) is 75.7 Å². The number of ether oxygens (including phenoxy) is 1. The Morgan fingerprint density at radius 2 is 1.74 bits per heavy atom. The van der Waals surface area contributed by atoms with Gasteiger partial charge in [0, 0.05) is 18.7 Å². The van der Waals surface area contributed by atoms with Crippen LogP contribution in [0.3, 0.4) is 0 Å². The van der Waals surface area contributed by atoms with Crippen LogP contribution < -0.4 is 10.1 Å². The number of amides is 3. The molecular weight excluding hydrogens is 433 g/mol. The molecule has 1 N–H and O–H groups in total. The molecule has 1 heterocycles. The first-order valence-corrected chi connectivity index (χ1v) is 9.90. The number of carbonyl (C=O) groups excluding carboxylic acids is 3. The third kappa shape index (κ3) is 6.11. The first-order chi connectivity index (χ1) is 14.6. The molecule has 1 aliphatic heterocycles. The highest BCUT2D eigenvalue weighted by Gasteiger charge is 2.34. The molecule has 6 nitrogen and oxygen atoms in total. The fourth-order valence-corrected chi connectivity index (χ4v) is 3.56. The van der Waals surface area contributed by atoms with E-state index in [2.05, 4.69) is 10.1 Å². The molecule has 0 saturated carbocycles. The smallest absolute Gasteiger partial charge is 0.406 e. The van der Waals surface area contributed by atoms with Crippen LogP contribution in [0.25, 0.3) is 6.08 Å². The van der Waals surface area contributed by atoms with Gasteiger partial charge in [-0.25, -0.2) is 0 Å². The average molecular weight is 450 g/mol. The minimum atomic E-state index is -4.82. The van der Waals surface area contributed by atoms with Crippen molar-refractivity contribution in [2.75, 3.05) is 13.1 Å². The maximum absolute atomic E-state index is 12.5. The Morgan fingerprint density at radius 3 is 2.35 bits per heavy atom. The summed E-state index contributed by atoms with van der Waals surface area (Å²) in [6.07, 6.45) is -3.18. The van der Waals surface area contributed by atoms with Crippen molar-refractivity contribution in [3.63, 3.8) is 0 Å². The van der Waals surface area contributed by atoms with Gasteiger partial charge in [0.25, 0.3) is 17.1 Å². The second kappa shape index (κ2) is 9.25. The lowest BCUT2D eigenvalue weighted by molar-refractivity contribution is -0.274. The molecule has 2 aromatic rings. The van der Waals surface area contributed by atoms with Crippen LogP contribution in [0.5, 0.6) is 5.75 Å². The number of carbonyl (C=O) groups is 3. The second-order valence-corrected chi connectivity index (χ2v) is 7.57. The van der Waals surface area contributed by atoms with Gasteiger partial charge < -0.3 is 10.1 Å². The molecule has 3 amide bonds. The van der Waals surface area contributed by atoms with Crippen molar-refractivity contribution in [2.45, 2.75) is 13.3 Å². The minimum Gasteiger partial charge on any atom is -0.406 e. The summed E-state index contributed by atoms with van der Waals surface area (Å²) in [5, 5.41) is 2.09. The van der Waals surface area contributed by atoms with Crippen LogP contribution in [0, 0.1) is 6.92 Å². The Labute approximate surface area is 180 Å². The zero-order valence-corrected chi connectivity index (χ0v) is 17.0. The van der Waals surface area contributed by atoms with Crippen LogP contribution in [-0.4, -0.2) is 41.4 Å². The van der Waals surface area contributed by atoms with Crippen molar-refractivity contribution in [3.05, 3.63) is 70.1 Å². The lowest BCUT2D eigenvalue weighted by atomic mass is 10.1. The van der Waals surface area contributed by atoms with Crippen LogP contribution in [0.15, 0.2) is 53.4 Å². The van der Waals surface area contributed by atoms with E-state index in [0.717, 1.165) is 39.9 Å². The van der Waals surface area contributed by atoms with Gasteiger partial charge in [-0.1, -0.05) is 29.8 Å². The van der Waals surface area contributed by atoms with Crippen LogP contribution in [-0.2, 0) is 4.79 Å². The first-order valence-electron chi connectivity index (χ1n) is 9.08. The number of rotatable bonds is 6. The van der Waals surface area contributed by atoms with Gasteiger partial charge in [0.2, 0.25) is 0 Å². The summed E-state index contributed by atoms with van der Waals surface area (Å²) >= 11 is 0.822. The number of halogens is 3. The second-order valence-electron chi connectivity index (χ2n) is 6.57. The lowest BCUT2D eigenvalue weighted by Crippen LogP contribution is -2.37. The van der Waals surface area contributed by atoms with Gasteiger partial charge in [-0.3, -0.25) is 19.3 Å². The van der Waals surface area contributed by atoms with E-state index in [9.17, 15) is 27.6 Å². The molecule has 1 aliphatic rings. The summed E-state index contributed by atoms with van der Waals surface area (Å²) in [5.74, 6) is -1.44. The number of alkyl halides is 3. The molecule has 31 heavy (non-hydrogen) atoms. The number of hydrogen-bond donors (Lipinski definition) is 1. The molecule has 0 bridgehead atoms. The summed E-state index contributed by atoms with van der Waals surface area (Å²) in [6.45, 7) is 1.91. The largest absolute Gasteiger partial charge is 0.573 e. The molecule has 0 atom stereocenters. The highest BCUT2D eigenvalue weighted by atomic mass is 32.2. The molecule has 1 fully saturated rings. The Bertz CT molecular complexity index is 1020. The van der Waals surface area contributed by atoms with Gasteiger partial charge in [-0.15, -0.1) is 13.2 Å². The SMILES string of the molecule is Cc1ccc(C=C2SC(=O)N(CCNC(=O)c3ccc(OC(F)(F)F)cc3)C2=O)cc1. The number of benzene rings is 2. The third-order valence-electron chi connectivity index (χ3n) is 4.22. The van der Waals surface area contributed by atoms with Crippen molar-refractivity contribution in [1.29, 1.82) is 0 Å². The van der Waals surface area contributed by atoms with E-state index in [4.69, 9.17) is 0 Å². The lowest BCUT2D eigenvalue weighted by Gasteiger charge is -2.13. The van der Waals surface area contributed by atoms with E-state index in [1.807, 2.05) is 31.2 Å². The molecule has 1 saturated heterocycles. The van der Waals surface area contributed by atoms with E-state index in [1.54, 1.807) is 6.08 Å². The average Bonchev–Trinajstić information content (AvgIpc) is 2.96. The zero-order valence-electron chi connectivity index (χ0n) is 16.2. The van der Waals surface area contributed by atoms with Crippen LogP contribution >= 0.6 is 11.8 Å². The fourth-order valence-electron chi connectivity index (χ4n) is 2.70. The van der Waals surface area contributed by atoms with Gasteiger partial charge in [0.1, 0.15) is 5.75 Å². The van der Waals surface area contributed by atoms with Crippen molar-refractivity contribution in [3.8, 4) is 5.75 Å². The number of hydrogen-bond acceptors (Lipinski definition) is 5. The fraction of sp³-hybridized carbons (Fsp3) is 0.190. The first kappa shape index (κ1) is 22.4. The Balaban J connectivity index is 1.54. The number of nitrogens with zero attached hydrogens (tertiary/aromatic N) is 1. The highest BCUT2D eigenvalue weighted by Crippen LogP contribution is 2.32. The summed E-state index contributed by atoms with van der Waals surface area (Å²) < 4.78 is 40.3. The Morgan fingerprint density at radius 1 is 1.10 bits per heavy atom. The summed E-state index contributed by atoms with van der Waals surface area (Å²) in [4.78, 5) is 38.1. The Hall–Kier alpha value is -3.27. The zero-order chi connectivity index (χ0) is 22.6. The Kier molecular flexibility index (Phi) is 6.69. The normalized spacial score (nSPS) is 15.5. The molecule has 0 aromatic heterocycles. The monoisotopic (exact) mass is 450 g/mol. The molecule has 10 heteroatoms. The van der Waals surface area contributed by atoms with E-state index < -0.39 is 29.2 Å². The maximum atomic E-state index is 12.5. The van der Waals surface area contributed by atoms with Crippen LogP contribution in [0.4, 0.5) is 18.0 Å². The highest BCUT2D eigenvalue weighted by molar-refractivity contribution is 8.18. The van der Waals surface area contributed by atoms with Crippen molar-refractivity contribution in [1.82, 2.24) is 10.2 Å². The van der Waals surface area contributed by atoms with E-state index in [0.29, 0.717) is 4.91 Å². The molecule has 3 rings (SSSR count). The number of thioether (sulfide) groups is 1. The predicted molar refractivity (Wildman–Crippen MR) is 109 cm³/mol. The number of nitrogens with one attached hydrogen (secondary N) is 1. The van der Waals surface area contributed by atoms with Gasteiger partial charge in [0.15, 0.2) is 0 Å².